The molecule has 1 N–H and O–H groups in total. The molecule has 1 unspecified atom stereocenters. The van der Waals surface area contributed by atoms with Crippen LogP contribution in [-0.2, 0) is 11.2 Å². The molecule has 0 fully saturated rings. The number of fused-ring (bicyclic) bond motifs is 1. The minimum atomic E-state index is 0.114. The quantitative estimate of drug-likeness (QED) is 0.715. The smallest absolute Gasteiger partial charge is 0.231 e. The van der Waals surface area contributed by atoms with Crippen LogP contribution in [0.25, 0.3) is 0 Å². The number of aryl methyl sites for hydroxylation is 1. The zero-order valence-electron chi connectivity index (χ0n) is 15.1. The van der Waals surface area contributed by atoms with Crippen LogP contribution in [0, 0.1) is 0 Å². The summed E-state index contributed by atoms with van der Waals surface area (Å²) < 4.78 is 10.7. The fraction of sp³-hybridized carbons (Fsp3) is 0.632. The second kappa shape index (κ2) is 9.52. The van der Waals surface area contributed by atoms with E-state index in [-0.39, 0.29) is 18.7 Å². The molecule has 1 aromatic carbocycles. The Morgan fingerprint density at radius 1 is 1.25 bits per heavy atom. The summed E-state index contributed by atoms with van der Waals surface area (Å²) >= 11 is 0. The average Bonchev–Trinajstić information content (AvgIpc) is 3.04. The number of ether oxygens (including phenoxy) is 2. The molecule has 1 heterocycles. The van der Waals surface area contributed by atoms with Crippen LogP contribution in [-0.4, -0.2) is 43.3 Å². The van der Waals surface area contributed by atoms with E-state index in [0.717, 1.165) is 49.5 Å². The summed E-state index contributed by atoms with van der Waals surface area (Å²) in [6.45, 7) is 10.0. The van der Waals surface area contributed by atoms with Crippen LogP contribution in [0.4, 0.5) is 0 Å². The van der Waals surface area contributed by atoms with E-state index >= 15 is 0 Å². The van der Waals surface area contributed by atoms with Crippen molar-refractivity contribution in [2.75, 3.05) is 26.4 Å². The van der Waals surface area contributed by atoms with Crippen molar-refractivity contribution in [2.24, 2.45) is 0 Å². The first kappa shape index (κ1) is 18.6. The lowest BCUT2D eigenvalue weighted by molar-refractivity contribution is -0.121. The Morgan fingerprint density at radius 3 is 2.75 bits per heavy atom. The Morgan fingerprint density at radius 2 is 2.00 bits per heavy atom. The highest BCUT2D eigenvalue weighted by atomic mass is 16.7. The van der Waals surface area contributed by atoms with Crippen LogP contribution in [0.1, 0.15) is 45.6 Å². The molecule has 134 valence electrons. The molecule has 0 aromatic heterocycles. The molecule has 0 aliphatic carbocycles. The fourth-order valence-corrected chi connectivity index (χ4v) is 2.93. The van der Waals surface area contributed by atoms with E-state index < -0.39 is 0 Å². The SMILES string of the molecule is CCN(CC)CCCC(C)NC(=O)CCc1ccc2c(c1)OCO2. The zero-order chi connectivity index (χ0) is 17.4. The van der Waals surface area contributed by atoms with Crippen LogP contribution in [0.2, 0.25) is 0 Å². The Labute approximate surface area is 145 Å². The van der Waals surface area contributed by atoms with Gasteiger partial charge in [0, 0.05) is 12.5 Å². The van der Waals surface area contributed by atoms with Crippen molar-refractivity contribution in [3.05, 3.63) is 23.8 Å². The number of hydrogen-bond donors (Lipinski definition) is 1. The number of benzene rings is 1. The van der Waals surface area contributed by atoms with E-state index in [2.05, 4.69) is 31.0 Å². The molecule has 1 aliphatic heterocycles. The maximum atomic E-state index is 12.1. The van der Waals surface area contributed by atoms with Gasteiger partial charge in [-0.25, -0.2) is 0 Å². The third-order valence-corrected chi connectivity index (χ3v) is 4.49. The van der Waals surface area contributed by atoms with Gasteiger partial charge in [0.25, 0.3) is 0 Å². The van der Waals surface area contributed by atoms with Crippen LogP contribution in [0.5, 0.6) is 11.5 Å². The summed E-state index contributed by atoms with van der Waals surface area (Å²) in [7, 11) is 0. The van der Waals surface area contributed by atoms with Crippen molar-refractivity contribution < 1.29 is 14.3 Å². The van der Waals surface area contributed by atoms with Crippen molar-refractivity contribution in [3.8, 4) is 11.5 Å². The molecular weight excluding hydrogens is 304 g/mol. The molecule has 24 heavy (non-hydrogen) atoms. The molecule has 1 aliphatic rings. The highest BCUT2D eigenvalue weighted by Gasteiger charge is 2.14. The van der Waals surface area contributed by atoms with Crippen LogP contribution in [0.15, 0.2) is 18.2 Å². The lowest BCUT2D eigenvalue weighted by Gasteiger charge is -2.19. The number of nitrogens with one attached hydrogen (secondary N) is 1. The topological polar surface area (TPSA) is 50.8 Å². The number of carbonyl (C=O) groups is 1. The van der Waals surface area contributed by atoms with Crippen LogP contribution < -0.4 is 14.8 Å². The molecule has 0 spiro atoms. The minimum absolute atomic E-state index is 0.114. The van der Waals surface area contributed by atoms with E-state index in [1.165, 1.54) is 0 Å². The standard InChI is InChI=1S/C19H30N2O3/c1-4-21(5-2)12-6-7-15(3)20-19(22)11-9-16-8-10-17-18(13-16)24-14-23-17/h8,10,13,15H,4-7,9,11-12,14H2,1-3H3,(H,20,22). The first-order valence-electron chi connectivity index (χ1n) is 9.02. The molecule has 2 rings (SSSR count). The molecule has 0 bridgehead atoms. The Kier molecular flexibility index (Phi) is 7.37. The zero-order valence-corrected chi connectivity index (χ0v) is 15.1. The van der Waals surface area contributed by atoms with E-state index in [9.17, 15) is 4.79 Å². The predicted molar refractivity (Wildman–Crippen MR) is 95.5 cm³/mol. The molecule has 1 atom stereocenters. The molecular formula is C19H30N2O3. The minimum Gasteiger partial charge on any atom is -0.454 e. The van der Waals surface area contributed by atoms with E-state index in [4.69, 9.17) is 9.47 Å². The number of hydrogen-bond acceptors (Lipinski definition) is 4. The predicted octanol–water partition coefficient (Wildman–Crippen LogP) is 2.97. The molecule has 1 aromatic rings. The van der Waals surface area contributed by atoms with Gasteiger partial charge in [-0.3, -0.25) is 4.79 Å². The van der Waals surface area contributed by atoms with Crippen molar-refractivity contribution >= 4 is 5.91 Å². The molecule has 1 amide bonds. The molecule has 5 nitrogen and oxygen atoms in total. The largest absolute Gasteiger partial charge is 0.454 e. The summed E-state index contributed by atoms with van der Waals surface area (Å²) in [5.41, 5.74) is 1.10. The van der Waals surface area contributed by atoms with Crippen molar-refractivity contribution in [1.29, 1.82) is 0 Å². The molecule has 5 heteroatoms. The highest BCUT2D eigenvalue weighted by Crippen LogP contribution is 2.32. The monoisotopic (exact) mass is 334 g/mol. The third kappa shape index (κ3) is 5.71. The number of nitrogens with zero attached hydrogens (tertiary/aromatic N) is 1. The van der Waals surface area contributed by atoms with E-state index in [1.54, 1.807) is 0 Å². The Hall–Kier alpha value is -1.75. The van der Waals surface area contributed by atoms with Gasteiger partial charge >= 0.3 is 0 Å². The Balaban J connectivity index is 1.65. The lowest BCUT2D eigenvalue weighted by atomic mass is 10.1. The van der Waals surface area contributed by atoms with Crippen molar-refractivity contribution in [1.82, 2.24) is 10.2 Å². The Bertz CT molecular complexity index is 529. The second-order valence-corrected chi connectivity index (χ2v) is 6.33. The summed E-state index contributed by atoms with van der Waals surface area (Å²) in [5.74, 6) is 1.67. The number of rotatable bonds is 10. The van der Waals surface area contributed by atoms with Gasteiger partial charge in [-0.2, -0.15) is 0 Å². The number of carbonyl (C=O) groups excluding carboxylic acids is 1. The van der Waals surface area contributed by atoms with Gasteiger partial charge in [-0.15, -0.1) is 0 Å². The third-order valence-electron chi connectivity index (χ3n) is 4.49. The summed E-state index contributed by atoms with van der Waals surface area (Å²) in [6, 6.07) is 6.09. The summed E-state index contributed by atoms with van der Waals surface area (Å²) in [6.07, 6.45) is 3.35. The maximum absolute atomic E-state index is 12.1. The van der Waals surface area contributed by atoms with Gasteiger partial charge in [0.15, 0.2) is 11.5 Å². The summed E-state index contributed by atoms with van der Waals surface area (Å²) in [5, 5.41) is 3.10. The van der Waals surface area contributed by atoms with Crippen LogP contribution >= 0.6 is 0 Å². The van der Waals surface area contributed by atoms with Gasteiger partial charge < -0.3 is 19.7 Å². The van der Waals surface area contributed by atoms with Crippen molar-refractivity contribution in [3.63, 3.8) is 0 Å². The molecule has 0 radical (unpaired) electrons. The average molecular weight is 334 g/mol. The van der Waals surface area contributed by atoms with Gasteiger partial charge in [-0.1, -0.05) is 19.9 Å². The van der Waals surface area contributed by atoms with E-state index in [0.29, 0.717) is 12.8 Å². The first-order valence-corrected chi connectivity index (χ1v) is 9.02. The van der Waals surface area contributed by atoms with Gasteiger partial charge in [-0.05, 0) is 63.5 Å². The van der Waals surface area contributed by atoms with Crippen LogP contribution in [0.3, 0.4) is 0 Å². The van der Waals surface area contributed by atoms with Gasteiger partial charge in [0.1, 0.15) is 0 Å². The normalized spacial score (nSPS) is 14.0. The number of amides is 1. The van der Waals surface area contributed by atoms with Crippen molar-refractivity contribution in [2.45, 2.75) is 52.5 Å². The molecule has 0 saturated heterocycles. The van der Waals surface area contributed by atoms with Gasteiger partial charge in [0.05, 0.1) is 0 Å². The first-order chi connectivity index (χ1) is 11.6. The highest BCUT2D eigenvalue weighted by molar-refractivity contribution is 5.76. The fourth-order valence-electron chi connectivity index (χ4n) is 2.93. The second-order valence-electron chi connectivity index (χ2n) is 6.33. The maximum Gasteiger partial charge on any atom is 0.231 e. The summed E-state index contributed by atoms with van der Waals surface area (Å²) in [4.78, 5) is 14.5. The lowest BCUT2D eigenvalue weighted by Crippen LogP contribution is -2.33. The van der Waals surface area contributed by atoms with E-state index in [1.807, 2.05) is 18.2 Å². The molecule has 0 saturated carbocycles. The van der Waals surface area contributed by atoms with Gasteiger partial charge in [0.2, 0.25) is 12.7 Å².